The Morgan fingerprint density at radius 1 is 1.27 bits per heavy atom. The van der Waals surface area contributed by atoms with E-state index in [1.165, 1.54) is 5.69 Å². The predicted molar refractivity (Wildman–Crippen MR) is 60.5 cm³/mol. The van der Waals surface area contributed by atoms with E-state index >= 15 is 0 Å². The number of aliphatic hydroxyl groups is 1. The highest BCUT2D eigenvalue weighted by atomic mass is 16.5. The Hall–Kier alpha value is -1.22. The third-order valence-electron chi connectivity index (χ3n) is 2.66. The van der Waals surface area contributed by atoms with E-state index in [1.54, 1.807) is 0 Å². The second-order valence-electron chi connectivity index (χ2n) is 3.73. The van der Waals surface area contributed by atoms with Crippen molar-refractivity contribution in [1.29, 1.82) is 0 Å². The van der Waals surface area contributed by atoms with Crippen molar-refractivity contribution in [3.8, 4) is 5.75 Å². The standard InChI is InChI=1S/C12H17NO2/c14-9-4-3-7-13-8-10-15-12-6-2-1-5-11(12)13/h1-2,5-6,14H,3-4,7-10H2. The molecule has 1 aromatic carbocycles. The van der Waals surface area contributed by atoms with Crippen molar-refractivity contribution in [2.75, 3.05) is 31.2 Å². The lowest BCUT2D eigenvalue weighted by Crippen LogP contribution is -2.33. The molecule has 0 atom stereocenters. The van der Waals surface area contributed by atoms with Gasteiger partial charge in [-0.2, -0.15) is 0 Å². The SMILES string of the molecule is OCCCCN1CCOc2ccccc21. The highest BCUT2D eigenvalue weighted by Gasteiger charge is 2.16. The van der Waals surface area contributed by atoms with Crippen LogP contribution in [0.5, 0.6) is 5.75 Å². The number of hydrogen-bond acceptors (Lipinski definition) is 3. The van der Waals surface area contributed by atoms with Crippen LogP contribution in [0.15, 0.2) is 24.3 Å². The van der Waals surface area contributed by atoms with E-state index < -0.39 is 0 Å². The van der Waals surface area contributed by atoms with E-state index in [2.05, 4.69) is 11.0 Å². The fourth-order valence-electron chi connectivity index (χ4n) is 1.87. The lowest BCUT2D eigenvalue weighted by atomic mass is 10.2. The summed E-state index contributed by atoms with van der Waals surface area (Å²) in [5, 5.41) is 8.75. The summed E-state index contributed by atoms with van der Waals surface area (Å²) in [6, 6.07) is 8.13. The maximum Gasteiger partial charge on any atom is 0.142 e. The van der Waals surface area contributed by atoms with Crippen LogP contribution in [-0.4, -0.2) is 31.4 Å². The molecule has 0 amide bonds. The van der Waals surface area contributed by atoms with Gasteiger partial charge in [-0.25, -0.2) is 0 Å². The zero-order valence-electron chi connectivity index (χ0n) is 8.85. The van der Waals surface area contributed by atoms with Gasteiger partial charge in [0, 0.05) is 13.2 Å². The highest BCUT2D eigenvalue weighted by molar-refractivity contribution is 5.59. The van der Waals surface area contributed by atoms with E-state index in [1.807, 2.05) is 18.2 Å². The molecule has 15 heavy (non-hydrogen) atoms. The maximum absolute atomic E-state index is 8.75. The van der Waals surface area contributed by atoms with Crippen molar-refractivity contribution < 1.29 is 9.84 Å². The van der Waals surface area contributed by atoms with Crippen LogP contribution in [-0.2, 0) is 0 Å². The Balaban J connectivity index is 2.02. The van der Waals surface area contributed by atoms with Crippen LogP contribution < -0.4 is 9.64 Å². The van der Waals surface area contributed by atoms with Gasteiger partial charge in [0.1, 0.15) is 12.4 Å². The van der Waals surface area contributed by atoms with Crippen molar-refractivity contribution in [3.63, 3.8) is 0 Å². The fourth-order valence-corrected chi connectivity index (χ4v) is 1.87. The normalized spacial score (nSPS) is 14.6. The summed E-state index contributed by atoms with van der Waals surface area (Å²) in [5.74, 6) is 0.979. The number of hydrogen-bond donors (Lipinski definition) is 1. The Morgan fingerprint density at radius 2 is 2.13 bits per heavy atom. The molecule has 82 valence electrons. The molecule has 3 heteroatoms. The van der Waals surface area contributed by atoms with E-state index in [-0.39, 0.29) is 6.61 Å². The number of unbranched alkanes of at least 4 members (excludes halogenated alkanes) is 1. The first-order valence-corrected chi connectivity index (χ1v) is 5.49. The largest absolute Gasteiger partial charge is 0.490 e. The molecule has 0 radical (unpaired) electrons. The molecule has 1 aliphatic heterocycles. The Bertz CT molecular complexity index is 314. The number of nitrogens with zero attached hydrogens (tertiary/aromatic N) is 1. The zero-order chi connectivity index (χ0) is 10.5. The molecule has 0 fully saturated rings. The quantitative estimate of drug-likeness (QED) is 0.762. The van der Waals surface area contributed by atoms with E-state index in [9.17, 15) is 0 Å². The topological polar surface area (TPSA) is 32.7 Å². The summed E-state index contributed by atoms with van der Waals surface area (Å²) < 4.78 is 5.57. The summed E-state index contributed by atoms with van der Waals surface area (Å²) in [6.07, 6.45) is 1.91. The van der Waals surface area contributed by atoms with Gasteiger partial charge in [0.15, 0.2) is 0 Å². The van der Waals surface area contributed by atoms with Gasteiger partial charge >= 0.3 is 0 Å². The average molecular weight is 207 g/mol. The van der Waals surface area contributed by atoms with Gasteiger partial charge in [0.05, 0.1) is 12.2 Å². The number of aliphatic hydroxyl groups excluding tert-OH is 1. The van der Waals surface area contributed by atoms with Crippen LogP contribution in [0, 0.1) is 0 Å². The molecule has 0 aliphatic carbocycles. The van der Waals surface area contributed by atoms with Gasteiger partial charge in [-0.15, -0.1) is 0 Å². The van der Waals surface area contributed by atoms with Gasteiger partial charge in [-0.3, -0.25) is 0 Å². The second kappa shape index (κ2) is 5.03. The third kappa shape index (κ3) is 2.42. The first-order chi connectivity index (χ1) is 7.42. The number of ether oxygens (including phenoxy) is 1. The maximum atomic E-state index is 8.75. The van der Waals surface area contributed by atoms with Gasteiger partial charge in [0.2, 0.25) is 0 Å². The number of benzene rings is 1. The van der Waals surface area contributed by atoms with Crippen LogP contribution in [0.3, 0.4) is 0 Å². The molecule has 0 spiro atoms. The molecular formula is C12H17NO2. The Morgan fingerprint density at radius 3 is 3.00 bits per heavy atom. The minimum atomic E-state index is 0.284. The number of para-hydroxylation sites is 2. The third-order valence-corrected chi connectivity index (χ3v) is 2.66. The van der Waals surface area contributed by atoms with Crippen LogP contribution in [0.2, 0.25) is 0 Å². The summed E-state index contributed by atoms with van der Waals surface area (Å²) >= 11 is 0. The Kier molecular flexibility index (Phi) is 3.45. The number of rotatable bonds is 4. The molecule has 1 aliphatic rings. The molecule has 2 rings (SSSR count). The molecule has 1 aromatic rings. The molecule has 0 saturated carbocycles. The molecule has 1 N–H and O–H groups in total. The van der Waals surface area contributed by atoms with Gasteiger partial charge in [0.25, 0.3) is 0 Å². The summed E-state index contributed by atoms with van der Waals surface area (Å²) in [7, 11) is 0. The van der Waals surface area contributed by atoms with E-state index in [4.69, 9.17) is 9.84 Å². The summed E-state index contributed by atoms with van der Waals surface area (Å²) in [6.45, 7) is 2.99. The average Bonchev–Trinajstić information content (AvgIpc) is 2.30. The second-order valence-corrected chi connectivity index (χ2v) is 3.73. The van der Waals surface area contributed by atoms with E-state index in [0.717, 1.165) is 38.3 Å². The van der Waals surface area contributed by atoms with Crippen molar-refractivity contribution >= 4 is 5.69 Å². The number of fused-ring (bicyclic) bond motifs is 1. The molecule has 0 aromatic heterocycles. The minimum absolute atomic E-state index is 0.284. The molecule has 3 nitrogen and oxygen atoms in total. The minimum Gasteiger partial charge on any atom is -0.490 e. The van der Waals surface area contributed by atoms with Gasteiger partial charge in [-0.1, -0.05) is 12.1 Å². The first kappa shape index (κ1) is 10.3. The van der Waals surface area contributed by atoms with Crippen LogP contribution in [0.4, 0.5) is 5.69 Å². The van der Waals surface area contributed by atoms with Crippen molar-refractivity contribution in [3.05, 3.63) is 24.3 Å². The molecule has 1 heterocycles. The molecular weight excluding hydrogens is 190 g/mol. The van der Waals surface area contributed by atoms with Crippen molar-refractivity contribution in [2.45, 2.75) is 12.8 Å². The van der Waals surface area contributed by atoms with Gasteiger partial charge in [-0.05, 0) is 25.0 Å². The zero-order valence-corrected chi connectivity index (χ0v) is 8.85. The lowest BCUT2D eigenvalue weighted by molar-refractivity contribution is 0.281. The van der Waals surface area contributed by atoms with Crippen LogP contribution in [0.1, 0.15) is 12.8 Å². The van der Waals surface area contributed by atoms with E-state index in [0.29, 0.717) is 0 Å². The van der Waals surface area contributed by atoms with Crippen molar-refractivity contribution in [1.82, 2.24) is 0 Å². The van der Waals surface area contributed by atoms with Crippen LogP contribution >= 0.6 is 0 Å². The lowest BCUT2D eigenvalue weighted by Gasteiger charge is -2.31. The molecule has 0 bridgehead atoms. The monoisotopic (exact) mass is 207 g/mol. The predicted octanol–water partition coefficient (Wildman–Crippen LogP) is 1.66. The molecule has 0 saturated heterocycles. The number of anilines is 1. The summed E-state index contributed by atoms with van der Waals surface area (Å²) in [4.78, 5) is 2.33. The van der Waals surface area contributed by atoms with Crippen LogP contribution in [0.25, 0.3) is 0 Å². The van der Waals surface area contributed by atoms with Crippen molar-refractivity contribution in [2.24, 2.45) is 0 Å². The summed E-state index contributed by atoms with van der Waals surface area (Å²) in [5.41, 5.74) is 1.18. The molecule has 0 unspecified atom stereocenters. The fraction of sp³-hybridized carbons (Fsp3) is 0.500. The first-order valence-electron chi connectivity index (χ1n) is 5.49. The smallest absolute Gasteiger partial charge is 0.142 e. The highest BCUT2D eigenvalue weighted by Crippen LogP contribution is 2.30. The van der Waals surface area contributed by atoms with Gasteiger partial charge < -0.3 is 14.7 Å². The Labute approximate surface area is 90.3 Å².